The lowest BCUT2D eigenvalue weighted by molar-refractivity contribution is 0.175. The number of benzene rings is 1. The van der Waals surface area contributed by atoms with E-state index in [0.717, 1.165) is 23.1 Å². The zero-order valence-corrected chi connectivity index (χ0v) is 15.0. The molecule has 1 saturated heterocycles. The average Bonchev–Trinajstić information content (AvgIpc) is 2.48. The van der Waals surface area contributed by atoms with Gasteiger partial charge < -0.3 is 0 Å². The molecule has 1 atom stereocenters. The van der Waals surface area contributed by atoms with E-state index in [1.54, 1.807) is 6.07 Å². The van der Waals surface area contributed by atoms with Crippen molar-refractivity contribution in [3.05, 3.63) is 28.2 Å². The van der Waals surface area contributed by atoms with E-state index in [1.165, 1.54) is 19.3 Å². The molecule has 1 aliphatic heterocycles. The van der Waals surface area contributed by atoms with Crippen molar-refractivity contribution in [2.24, 2.45) is 0 Å². The molecule has 21 heavy (non-hydrogen) atoms. The molecule has 1 N–H and O–H groups in total. The van der Waals surface area contributed by atoms with E-state index in [-0.39, 0.29) is 6.04 Å². The standard InChI is InChI=1S/C15H23BrN2O2S/c1-12-6-7-14(16)10-15(12)21(19,20)17-11-13(2)18-8-4-3-5-9-18/h6-7,10,13,17H,3-5,8-9,11H2,1-2H3. The summed E-state index contributed by atoms with van der Waals surface area (Å²) in [5, 5.41) is 0. The first-order valence-corrected chi connectivity index (χ1v) is 9.67. The van der Waals surface area contributed by atoms with Gasteiger partial charge in [-0.05, 0) is 57.5 Å². The van der Waals surface area contributed by atoms with Crippen LogP contribution in [0.4, 0.5) is 0 Å². The van der Waals surface area contributed by atoms with Crippen LogP contribution in [0, 0.1) is 6.92 Å². The Morgan fingerprint density at radius 2 is 1.95 bits per heavy atom. The third kappa shape index (κ3) is 4.52. The van der Waals surface area contributed by atoms with Crippen LogP contribution >= 0.6 is 15.9 Å². The quantitative estimate of drug-likeness (QED) is 0.861. The number of halogens is 1. The van der Waals surface area contributed by atoms with Crippen molar-refractivity contribution in [2.75, 3.05) is 19.6 Å². The fourth-order valence-electron chi connectivity index (χ4n) is 2.66. The molecule has 0 saturated carbocycles. The van der Waals surface area contributed by atoms with Crippen LogP contribution in [0.5, 0.6) is 0 Å². The number of likely N-dealkylation sites (tertiary alicyclic amines) is 1. The van der Waals surface area contributed by atoms with Gasteiger partial charge in [-0.1, -0.05) is 28.4 Å². The fourth-order valence-corrected chi connectivity index (χ4v) is 4.56. The first-order valence-electron chi connectivity index (χ1n) is 7.40. The third-order valence-corrected chi connectivity index (χ3v) is 6.08. The summed E-state index contributed by atoms with van der Waals surface area (Å²) in [5.74, 6) is 0. The smallest absolute Gasteiger partial charge is 0.240 e. The molecule has 118 valence electrons. The molecule has 0 aromatic heterocycles. The van der Waals surface area contributed by atoms with Gasteiger partial charge in [0.1, 0.15) is 0 Å². The molecule has 0 spiro atoms. The van der Waals surface area contributed by atoms with Crippen molar-refractivity contribution < 1.29 is 8.42 Å². The molecule has 1 fully saturated rings. The molecule has 1 aliphatic rings. The van der Waals surface area contributed by atoms with Gasteiger partial charge in [-0.2, -0.15) is 0 Å². The Morgan fingerprint density at radius 3 is 2.62 bits per heavy atom. The first-order chi connectivity index (χ1) is 9.90. The maximum atomic E-state index is 12.4. The summed E-state index contributed by atoms with van der Waals surface area (Å²) >= 11 is 3.33. The lowest BCUT2D eigenvalue weighted by Crippen LogP contribution is -2.44. The van der Waals surface area contributed by atoms with Crippen LogP contribution in [0.15, 0.2) is 27.6 Å². The number of rotatable bonds is 5. The molecule has 0 bridgehead atoms. The van der Waals surface area contributed by atoms with Gasteiger partial charge in [-0.15, -0.1) is 0 Å². The van der Waals surface area contributed by atoms with Gasteiger partial charge in [0.05, 0.1) is 4.90 Å². The van der Waals surface area contributed by atoms with Crippen LogP contribution in [0.2, 0.25) is 0 Å². The molecular formula is C15H23BrN2O2S. The van der Waals surface area contributed by atoms with Crippen LogP contribution in [0.1, 0.15) is 31.7 Å². The van der Waals surface area contributed by atoms with Crippen LogP contribution in [-0.4, -0.2) is 39.0 Å². The fraction of sp³-hybridized carbons (Fsp3) is 0.600. The molecule has 0 amide bonds. The summed E-state index contributed by atoms with van der Waals surface area (Å²) in [7, 11) is -3.45. The van der Waals surface area contributed by atoms with E-state index in [2.05, 4.69) is 32.5 Å². The highest BCUT2D eigenvalue weighted by atomic mass is 79.9. The van der Waals surface area contributed by atoms with Crippen molar-refractivity contribution in [3.8, 4) is 0 Å². The van der Waals surface area contributed by atoms with E-state index >= 15 is 0 Å². The topological polar surface area (TPSA) is 49.4 Å². The molecule has 0 radical (unpaired) electrons. The predicted octanol–water partition coefficient (Wildman–Crippen LogP) is 2.91. The number of hydrogen-bond acceptors (Lipinski definition) is 3. The summed E-state index contributed by atoms with van der Waals surface area (Å²) in [6.07, 6.45) is 3.70. The first kappa shape index (κ1) is 16.9. The minimum absolute atomic E-state index is 0.229. The monoisotopic (exact) mass is 374 g/mol. The molecule has 0 aliphatic carbocycles. The Kier molecular flexibility index (Phi) is 5.82. The second kappa shape index (κ2) is 7.22. The Bertz CT molecular complexity index is 583. The second-order valence-electron chi connectivity index (χ2n) is 5.71. The number of sulfonamides is 1. The van der Waals surface area contributed by atoms with Crippen molar-refractivity contribution in [1.29, 1.82) is 0 Å². The lowest BCUT2D eigenvalue weighted by Gasteiger charge is -2.32. The molecule has 4 nitrogen and oxygen atoms in total. The average molecular weight is 375 g/mol. The molecule has 1 unspecified atom stereocenters. The van der Waals surface area contributed by atoms with Crippen molar-refractivity contribution in [2.45, 2.75) is 44.0 Å². The molecular weight excluding hydrogens is 352 g/mol. The number of nitrogens with one attached hydrogen (secondary N) is 1. The molecule has 6 heteroatoms. The van der Waals surface area contributed by atoms with Gasteiger partial charge in [-0.25, -0.2) is 13.1 Å². The maximum Gasteiger partial charge on any atom is 0.240 e. The Morgan fingerprint density at radius 1 is 1.29 bits per heavy atom. The normalized spacial score (nSPS) is 18.6. The Hall–Kier alpha value is -0.430. The van der Waals surface area contributed by atoms with Crippen molar-refractivity contribution in [3.63, 3.8) is 0 Å². The van der Waals surface area contributed by atoms with E-state index in [1.807, 2.05) is 19.1 Å². The number of nitrogens with zero attached hydrogens (tertiary/aromatic N) is 1. The SMILES string of the molecule is Cc1ccc(Br)cc1S(=O)(=O)NCC(C)N1CCCCC1. The summed E-state index contributed by atoms with van der Waals surface area (Å²) < 4.78 is 28.4. The van der Waals surface area contributed by atoms with Crippen LogP contribution in [-0.2, 0) is 10.0 Å². The van der Waals surface area contributed by atoms with E-state index in [0.29, 0.717) is 11.4 Å². The number of piperidine rings is 1. The largest absolute Gasteiger partial charge is 0.299 e. The van der Waals surface area contributed by atoms with E-state index < -0.39 is 10.0 Å². The second-order valence-corrected chi connectivity index (χ2v) is 8.36. The minimum atomic E-state index is -3.45. The summed E-state index contributed by atoms with van der Waals surface area (Å²) in [4.78, 5) is 2.71. The molecule has 1 aromatic rings. The number of aryl methyl sites for hydroxylation is 1. The van der Waals surface area contributed by atoms with Crippen molar-refractivity contribution in [1.82, 2.24) is 9.62 Å². The lowest BCUT2D eigenvalue weighted by atomic mass is 10.1. The van der Waals surface area contributed by atoms with Crippen LogP contribution in [0.3, 0.4) is 0 Å². The van der Waals surface area contributed by atoms with E-state index in [9.17, 15) is 8.42 Å². The minimum Gasteiger partial charge on any atom is -0.299 e. The highest BCUT2D eigenvalue weighted by Gasteiger charge is 2.21. The third-order valence-electron chi connectivity index (χ3n) is 4.02. The summed E-state index contributed by atoms with van der Waals surface area (Å²) in [6.45, 7) is 6.49. The maximum absolute atomic E-state index is 12.4. The highest BCUT2D eigenvalue weighted by molar-refractivity contribution is 9.10. The highest BCUT2D eigenvalue weighted by Crippen LogP contribution is 2.20. The van der Waals surface area contributed by atoms with Crippen LogP contribution < -0.4 is 4.72 Å². The van der Waals surface area contributed by atoms with Gasteiger partial charge in [0.25, 0.3) is 0 Å². The van der Waals surface area contributed by atoms with Gasteiger partial charge in [-0.3, -0.25) is 4.90 Å². The number of hydrogen-bond donors (Lipinski definition) is 1. The zero-order valence-electron chi connectivity index (χ0n) is 12.6. The summed E-state index contributed by atoms with van der Waals surface area (Å²) in [6, 6.07) is 5.55. The zero-order chi connectivity index (χ0) is 15.5. The molecule has 2 rings (SSSR count). The molecule has 1 aromatic carbocycles. The summed E-state index contributed by atoms with van der Waals surface area (Å²) in [5.41, 5.74) is 0.760. The van der Waals surface area contributed by atoms with Gasteiger partial charge >= 0.3 is 0 Å². The Balaban J connectivity index is 2.02. The Labute approximate surface area is 136 Å². The van der Waals surface area contributed by atoms with E-state index in [4.69, 9.17) is 0 Å². The van der Waals surface area contributed by atoms with Crippen LogP contribution in [0.25, 0.3) is 0 Å². The molecule has 1 heterocycles. The van der Waals surface area contributed by atoms with Gasteiger partial charge in [0.2, 0.25) is 10.0 Å². The van der Waals surface area contributed by atoms with Gasteiger partial charge in [0, 0.05) is 17.1 Å². The predicted molar refractivity (Wildman–Crippen MR) is 89.0 cm³/mol. The van der Waals surface area contributed by atoms with Crippen molar-refractivity contribution >= 4 is 26.0 Å². The van der Waals surface area contributed by atoms with Gasteiger partial charge in [0.15, 0.2) is 0 Å².